The van der Waals surface area contributed by atoms with Crippen LogP contribution in [0.15, 0.2) is 24.3 Å². The fourth-order valence-electron chi connectivity index (χ4n) is 2.85. The van der Waals surface area contributed by atoms with Crippen LogP contribution < -0.4 is 10.6 Å². The fraction of sp³-hybridized carbons (Fsp3) is 0.625. The zero-order valence-electron chi connectivity index (χ0n) is 12.5. The summed E-state index contributed by atoms with van der Waals surface area (Å²) in [6.45, 7) is 12.4. The highest BCUT2D eigenvalue weighted by Gasteiger charge is 2.20. The quantitative estimate of drug-likeness (QED) is 0.904. The molecule has 1 saturated heterocycles. The number of benzene rings is 1. The van der Waals surface area contributed by atoms with E-state index >= 15 is 0 Å². The fourth-order valence-corrected chi connectivity index (χ4v) is 2.85. The van der Waals surface area contributed by atoms with Crippen LogP contribution in [-0.4, -0.2) is 37.6 Å². The first-order valence-electron chi connectivity index (χ1n) is 7.39. The number of piperazine rings is 1. The second-order valence-corrected chi connectivity index (χ2v) is 6.03. The molecule has 3 nitrogen and oxygen atoms in total. The summed E-state index contributed by atoms with van der Waals surface area (Å²) in [6.07, 6.45) is 0. The minimum atomic E-state index is 0.102. The molecule has 3 heteroatoms. The maximum absolute atomic E-state index is 6.08. The van der Waals surface area contributed by atoms with Crippen molar-refractivity contribution < 1.29 is 0 Å². The van der Waals surface area contributed by atoms with E-state index in [1.54, 1.807) is 0 Å². The molecule has 1 heterocycles. The molecule has 0 amide bonds. The van der Waals surface area contributed by atoms with Gasteiger partial charge in [-0.1, -0.05) is 32.0 Å². The Kier molecular flexibility index (Phi) is 4.83. The number of nitrogens with zero attached hydrogens (tertiary/aromatic N) is 2. The molecule has 2 rings (SSSR count). The number of anilines is 1. The Morgan fingerprint density at radius 2 is 1.68 bits per heavy atom. The third-order valence-electron chi connectivity index (χ3n) is 3.76. The second-order valence-electron chi connectivity index (χ2n) is 6.03. The molecule has 106 valence electrons. The molecule has 0 aliphatic carbocycles. The van der Waals surface area contributed by atoms with Crippen LogP contribution in [0.2, 0.25) is 0 Å². The van der Waals surface area contributed by atoms with E-state index in [1.165, 1.54) is 17.8 Å². The minimum absolute atomic E-state index is 0.102. The summed E-state index contributed by atoms with van der Waals surface area (Å²) in [6, 6.07) is 8.65. The van der Waals surface area contributed by atoms with Crippen LogP contribution in [0.5, 0.6) is 0 Å². The monoisotopic (exact) mass is 261 g/mol. The van der Waals surface area contributed by atoms with E-state index in [0.29, 0.717) is 0 Å². The largest absolute Gasteiger partial charge is 0.369 e. The summed E-state index contributed by atoms with van der Waals surface area (Å²) in [5, 5.41) is 0. The van der Waals surface area contributed by atoms with Crippen molar-refractivity contribution in [2.24, 2.45) is 11.7 Å². The molecule has 1 aliphatic rings. The van der Waals surface area contributed by atoms with E-state index in [2.05, 4.69) is 54.8 Å². The average molecular weight is 261 g/mol. The molecule has 0 saturated carbocycles. The van der Waals surface area contributed by atoms with Crippen molar-refractivity contribution in [3.05, 3.63) is 29.8 Å². The molecule has 1 aliphatic heterocycles. The van der Waals surface area contributed by atoms with Crippen molar-refractivity contribution in [3.63, 3.8) is 0 Å². The van der Waals surface area contributed by atoms with E-state index in [-0.39, 0.29) is 6.04 Å². The van der Waals surface area contributed by atoms with Gasteiger partial charge in [-0.3, -0.25) is 4.90 Å². The van der Waals surface area contributed by atoms with Crippen LogP contribution in [0.1, 0.15) is 32.4 Å². The molecule has 0 radical (unpaired) electrons. The maximum atomic E-state index is 6.08. The number of hydrogen-bond donors (Lipinski definition) is 1. The van der Waals surface area contributed by atoms with Gasteiger partial charge in [-0.2, -0.15) is 0 Å². The first-order valence-corrected chi connectivity index (χ1v) is 7.39. The Balaban J connectivity index is 2.02. The second kappa shape index (κ2) is 6.40. The normalized spacial score (nSPS) is 18.9. The molecule has 0 spiro atoms. The molecule has 1 atom stereocenters. The first-order chi connectivity index (χ1) is 9.08. The van der Waals surface area contributed by atoms with Gasteiger partial charge in [-0.15, -0.1) is 0 Å². The molecule has 2 N–H and O–H groups in total. The van der Waals surface area contributed by atoms with Gasteiger partial charge in [0.25, 0.3) is 0 Å². The summed E-state index contributed by atoms with van der Waals surface area (Å²) < 4.78 is 0. The number of rotatable bonds is 4. The van der Waals surface area contributed by atoms with Gasteiger partial charge in [-0.05, 0) is 24.5 Å². The zero-order chi connectivity index (χ0) is 13.8. The van der Waals surface area contributed by atoms with Crippen LogP contribution in [0.4, 0.5) is 5.69 Å². The van der Waals surface area contributed by atoms with E-state index in [1.807, 2.05) is 0 Å². The summed E-state index contributed by atoms with van der Waals surface area (Å²) in [4.78, 5) is 5.05. The minimum Gasteiger partial charge on any atom is -0.369 e. The van der Waals surface area contributed by atoms with Gasteiger partial charge in [0, 0.05) is 44.5 Å². The predicted octanol–water partition coefficient (Wildman–Crippen LogP) is 2.48. The molecule has 1 aromatic rings. The average Bonchev–Trinajstić information content (AvgIpc) is 2.39. The molecule has 0 unspecified atom stereocenters. The van der Waals surface area contributed by atoms with E-state index < -0.39 is 0 Å². The Hall–Kier alpha value is -1.06. The lowest BCUT2D eigenvalue weighted by Crippen LogP contribution is -2.47. The molecule has 19 heavy (non-hydrogen) atoms. The Labute approximate surface area is 117 Å². The Bertz CT molecular complexity index is 393. The van der Waals surface area contributed by atoms with Gasteiger partial charge in [0.15, 0.2) is 0 Å². The Morgan fingerprint density at radius 1 is 1.05 bits per heavy atom. The SMILES string of the molecule is CC(C)CN1CCN(c2ccccc2[C@H](C)N)CC1. The zero-order valence-corrected chi connectivity index (χ0v) is 12.5. The van der Waals surface area contributed by atoms with Gasteiger partial charge in [-0.25, -0.2) is 0 Å². The molecule has 1 fully saturated rings. The van der Waals surface area contributed by atoms with E-state index in [9.17, 15) is 0 Å². The van der Waals surface area contributed by atoms with Crippen LogP contribution in [0, 0.1) is 5.92 Å². The lowest BCUT2D eigenvalue weighted by molar-refractivity contribution is 0.231. The van der Waals surface area contributed by atoms with Crippen molar-refractivity contribution in [3.8, 4) is 0 Å². The standard InChI is InChI=1S/C16H27N3/c1-13(2)12-18-8-10-19(11-9-18)16-7-5-4-6-15(16)14(3)17/h4-7,13-14H,8-12,17H2,1-3H3/t14-/m0/s1. The number of hydrogen-bond acceptors (Lipinski definition) is 3. The van der Waals surface area contributed by atoms with Gasteiger partial charge < -0.3 is 10.6 Å². The molecule has 1 aromatic carbocycles. The van der Waals surface area contributed by atoms with Crippen molar-refractivity contribution in [2.45, 2.75) is 26.8 Å². The van der Waals surface area contributed by atoms with Crippen molar-refractivity contribution >= 4 is 5.69 Å². The van der Waals surface area contributed by atoms with Gasteiger partial charge in [0.1, 0.15) is 0 Å². The first kappa shape index (κ1) is 14.4. The summed E-state index contributed by atoms with van der Waals surface area (Å²) in [5.74, 6) is 0.753. The molecular formula is C16H27N3. The van der Waals surface area contributed by atoms with Gasteiger partial charge >= 0.3 is 0 Å². The van der Waals surface area contributed by atoms with Crippen LogP contribution >= 0.6 is 0 Å². The smallest absolute Gasteiger partial charge is 0.0415 e. The predicted molar refractivity (Wildman–Crippen MR) is 82.5 cm³/mol. The summed E-state index contributed by atoms with van der Waals surface area (Å²) >= 11 is 0. The van der Waals surface area contributed by atoms with E-state index in [0.717, 1.165) is 32.1 Å². The Morgan fingerprint density at radius 3 is 2.26 bits per heavy atom. The molecule has 0 aromatic heterocycles. The third-order valence-corrected chi connectivity index (χ3v) is 3.76. The molecule has 0 bridgehead atoms. The highest BCUT2D eigenvalue weighted by atomic mass is 15.3. The highest BCUT2D eigenvalue weighted by Crippen LogP contribution is 2.25. The van der Waals surface area contributed by atoms with Gasteiger partial charge in [0.2, 0.25) is 0 Å². The summed E-state index contributed by atoms with van der Waals surface area (Å²) in [7, 11) is 0. The van der Waals surface area contributed by atoms with Crippen LogP contribution in [-0.2, 0) is 0 Å². The third kappa shape index (κ3) is 3.71. The maximum Gasteiger partial charge on any atom is 0.0415 e. The molecular weight excluding hydrogens is 234 g/mol. The van der Waals surface area contributed by atoms with Crippen LogP contribution in [0.25, 0.3) is 0 Å². The van der Waals surface area contributed by atoms with Crippen LogP contribution in [0.3, 0.4) is 0 Å². The van der Waals surface area contributed by atoms with Crippen molar-refractivity contribution in [1.29, 1.82) is 0 Å². The number of para-hydroxylation sites is 1. The summed E-state index contributed by atoms with van der Waals surface area (Å²) in [5.41, 5.74) is 8.66. The highest BCUT2D eigenvalue weighted by molar-refractivity contribution is 5.55. The van der Waals surface area contributed by atoms with Crippen molar-refractivity contribution in [1.82, 2.24) is 4.90 Å². The lowest BCUT2D eigenvalue weighted by Gasteiger charge is -2.38. The number of nitrogens with two attached hydrogens (primary N) is 1. The van der Waals surface area contributed by atoms with Gasteiger partial charge in [0.05, 0.1) is 0 Å². The van der Waals surface area contributed by atoms with Crippen molar-refractivity contribution in [2.75, 3.05) is 37.6 Å². The lowest BCUT2D eigenvalue weighted by atomic mass is 10.1. The van der Waals surface area contributed by atoms with E-state index in [4.69, 9.17) is 5.73 Å². The topological polar surface area (TPSA) is 32.5 Å².